The monoisotopic (exact) mass is 213 g/mol. The third-order valence-corrected chi connectivity index (χ3v) is 2.01. The number of anilines is 1. The molecule has 0 aliphatic carbocycles. The van der Waals surface area contributed by atoms with Crippen LogP contribution in [0.5, 0.6) is 0 Å². The highest BCUT2D eigenvalue weighted by Gasteiger charge is 2.01. The average molecular weight is 214 g/mol. The molecule has 0 fully saturated rings. The minimum atomic E-state index is 0.634. The molecule has 0 saturated heterocycles. The first-order chi connectivity index (χ1) is 5.29. The Morgan fingerprint density at radius 1 is 1.55 bits per heavy atom. The number of para-hydroxylation sites is 1. The molecule has 0 spiro atoms. The van der Waals surface area contributed by atoms with E-state index in [-0.39, 0.29) is 0 Å². The van der Waals surface area contributed by atoms with E-state index in [4.69, 9.17) is 5.53 Å². The van der Waals surface area contributed by atoms with E-state index in [2.05, 4.69) is 26.4 Å². The Morgan fingerprint density at radius 3 is 2.73 bits per heavy atom. The summed E-state index contributed by atoms with van der Waals surface area (Å²) in [5, 5.41) is 6.33. The van der Waals surface area contributed by atoms with E-state index in [9.17, 15) is 0 Å². The van der Waals surface area contributed by atoms with Gasteiger partial charge in [-0.3, -0.25) is 0 Å². The van der Waals surface area contributed by atoms with Crippen molar-refractivity contribution in [3.8, 4) is 0 Å². The lowest BCUT2D eigenvalue weighted by molar-refractivity contribution is 1.14. The highest BCUT2D eigenvalue weighted by molar-refractivity contribution is 9.10. The van der Waals surface area contributed by atoms with Gasteiger partial charge in [0.1, 0.15) is 5.69 Å². The summed E-state index contributed by atoms with van der Waals surface area (Å²) >= 11 is 3.29. The van der Waals surface area contributed by atoms with Crippen molar-refractivity contribution >= 4 is 27.3 Å². The molecule has 58 valence electrons. The minimum absolute atomic E-state index is 0.634. The number of hydrogen-bond acceptors (Lipinski definition) is 3. The van der Waals surface area contributed by atoms with Crippen LogP contribution in [-0.2, 0) is 0 Å². The Hall–Kier alpha value is -0.900. The summed E-state index contributed by atoms with van der Waals surface area (Å²) in [6.07, 6.45) is 0. The molecule has 0 atom stereocenters. The van der Waals surface area contributed by atoms with Crippen molar-refractivity contribution < 1.29 is 0 Å². The van der Waals surface area contributed by atoms with E-state index < -0.39 is 0 Å². The van der Waals surface area contributed by atoms with Gasteiger partial charge in [-0.15, -0.1) is 0 Å². The van der Waals surface area contributed by atoms with E-state index in [0.29, 0.717) is 5.69 Å². The summed E-state index contributed by atoms with van der Waals surface area (Å²) in [7, 11) is 1.80. The van der Waals surface area contributed by atoms with E-state index in [0.717, 1.165) is 10.2 Å². The first-order valence-corrected chi connectivity index (χ1v) is 3.92. The lowest BCUT2D eigenvalue weighted by Gasteiger charge is -2.03. The fourth-order valence-corrected chi connectivity index (χ4v) is 1.29. The summed E-state index contributed by atoms with van der Waals surface area (Å²) in [5.74, 6) is 0. The lowest BCUT2D eigenvalue weighted by Crippen LogP contribution is -1.87. The van der Waals surface area contributed by atoms with Gasteiger partial charge in [-0.1, -0.05) is 6.07 Å². The number of rotatable bonds is 2. The molecule has 1 rings (SSSR count). The molecule has 0 radical (unpaired) electrons. The molecular weight excluding hydrogens is 206 g/mol. The Morgan fingerprint density at radius 2 is 2.27 bits per heavy atom. The average Bonchev–Trinajstić information content (AvgIpc) is 2.04. The zero-order valence-corrected chi connectivity index (χ0v) is 7.64. The van der Waals surface area contributed by atoms with Crippen LogP contribution in [0.15, 0.2) is 27.8 Å². The normalized spacial score (nSPS) is 9.27. The van der Waals surface area contributed by atoms with Gasteiger partial charge < -0.3 is 5.32 Å². The number of benzene rings is 1. The third kappa shape index (κ3) is 1.57. The van der Waals surface area contributed by atoms with Crippen LogP contribution in [0.3, 0.4) is 0 Å². The van der Waals surface area contributed by atoms with Crippen LogP contribution < -0.4 is 5.32 Å². The zero-order valence-electron chi connectivity index (χ0n) is 6.06. The van der Waals surface area contributed by atoms with Crippen LogP contribution in [0.25, 0.3) is 0 Å². The van der Waals surface area contributed by atoms with Crippen LogP contribution in [0.2, 0.25) is 0 Å². The second-order valence-corrected chi connectivity index (χ2v) is 2.85. The molecular formula is C7H8BrN3. The topological polar surface area (TPSA) is 48.2 Å². The van der Waals surface area contributed by atoms with Gasteiger partial charge in [0, 0.05) is 11.5 Å². The SMILES string of the molecule is CNc1cccc(Br)c1N=N. The predicted octanol–water partition coefficient (Wildman–Crippen LogP) is 3.15. The number of halogens is 1. The van der Waals surface area contributed by atoms with Crippen LogP contribution >= 0.6 is 15.9 Å². The van der Waals surface area contributed by atoms with Crippen LogP contribution in [0.1, 0.15) is 0 Å². The van der Waals surface area contributed by atoms with Crippen molar-refractivity contribution in [1.82, 2.24) is 0 Å². The molecule has 0 saturated carbocycles. The summed E-state index contributed by atoms with van der Waals surface area (Å²) in [6, 6.07) is 5.62. The summed E-state index contributed by atoms with van der Waals surface area (Å²) in [5.41, 5.74) is 8.37. The molecule has 11 heavy (non-hydrogen) atoms. The maximum atomic E-state index is 6.88. The number of nitrogens with zero attached hydrogens (tertiary/aromatic N) is 1. The largest absolute Gasteiger partial charge is 0.386 e. The Labute approximate surface area is 73.5 Å². The maximum absolute atomic E-state index is 6.88. The Kier molecular flexibility index (Phi) is 2.59. The number of nitrogens with one attached hydrogen (secondary N) is 2. The van der Waals surface area contributed by atoms with Crippen LogP contribution in [-0.4, -0.2) is 7.05 Å². The fraction of sp³-hybridized carbons (Fsp3) is 0.143. The van der Waals surface area contributed by atoms with Gasteiger partial charge in [0.2, 0.25) is 0 Å². The minimum Gasteiger partial charge on any atom is -0.386 e. The predicted molar refractivity (Wildman–Crippen MR) is 48.5 cm³/mol. The first-order valence-electron chi connectivity index (χ1n) is 3.13. The van der Waals surface area contributed by atoms with Crippen LogP contribution in [0.4, 0.5) is 11.4 Å². The van der Waals surface area contributed by atoms with Crippen molar-refractivity contribution in [2.75, 3.05) is 12.4 Å². The van der Waals surface area contributed by atoms with Gasteiger partial charge in [-0.25, -0.2) is 5.53 Å². The molecule has 2 N–H and O–H groups in total. The molecule has 0 unspecified atom stereocenters. The maximum Gasteiger partial charge on any atom is 0.122 e. The van der Waals surface area contributed by atoms with Crippen molar-refractivity contribution in [2.45, 2.75) is 0 Å². The fourth-order valence-electron chi connectivity index (χ4n) is 0.831. The van der Waals surface area contributed by atoms with Gasteiger partial charge in [-0.2, -0.15) is 5.11 Å². The molecule has 0 aliphatic rings. The Balaban J connectivity index is 3.24. The molecule has 1 aromatic carbocycles. The molecule has 0 aromatic heterocycles. The highest BCUT2D eigenvalue weighted by atomic mass is 79.9. The van der Waals surface area contributed by atoms with Crippen molar-refractivity contribution in [3.05, 3.63) is 22.7 Å². The van der Waals surface area contributed by atoms with Gasteiger partial charge >= 0.3 is 0 Å². The van der Waals surface area contributed by atoms with Crippen molar-refractivity contribution in [3.63, 3.8) is 0 Å². The summed E-state index contributed by atoms with van der Waals surface area (Å²) in [4.78, 5) is 0. The zero-order chi connectivity index (χ0) is 8.27. The second-order valence-electron chi connectivity index (χ2n) is 2.00. The lowest BCUT2D eigenvalue weighted by atomic mass is 10.3. The molecule has 3 nitrogen and oxygen atoms in total. The number of hydrogen-bond donors (Lipinski definition) is 2. The molecule has 4 heteroatoms. The molecule has 0 heterocycles. The quantitative estimate of drug-likeness (QED) is 0.729. The van der Waals surface area contributed by atoms with Gasteiger partial charge in [-0.05, 0) is 28.1 Å². The van der Waals surface area contributed by atoms with E-state index in [1.165, 1.54) is 0 Å². The van der Waals surface area contributed by atoms with E-state index in [1.807, 2.05) is 18.2 Å². The third-order valence-electron chi connectivity index (χ3n) is 1.37. The highest BCUT2D eigenvalue weighted by Crippen LogP contribution is 2.32. The van der Waals surface area contributed by atoms with Gasteiger partial charge in [0.25, 0.3) is 0 Å². The molecule has 0 aliphatic heterocycles. The molecule has 1 aromatic rings. The van der Waals surface area contributed by atoms with Crippen LogP contribution in [0, 0.1) is 5.53 Å². The molecule has 0 bridgehead atoms. The summed E-state index contributed by atoms with van der Waals surface area (Å²) < 4.78 is 0.833. The van der Waals surface area contributed by atoms with Crippen molar-refractivity contribution in [1.29, 1.82) is 5.53 Å². The van der Waals surface area contributed by atoms with Gasteiger partial charge in [0.05, 0.1) is 5.69 Å². The standard InChI is InChI=1S/C7H8BrN3/c1-10-6-4-2-3-5(8)7(6)11-9/h2-4,9-10H,1H3. The molecule has 0 amide bonds. The van der Waals surface area contributed by atoms with E-state index in [1.54, 1.807) is 7.05 Å². The second kappa shape index (κ2) is 3.48. The Bertz CT molecular complexity index is 272. The summed E-state index contributed by atoms with van der Waals surface area (Å²) in [6.45, 7) is 0. The smallest absolute Gasteiger partial charge is 0.122 e. The van der Waals surface area contributed by atoms with E-state index >= 15 is 0 Å². The first kappa shape index (κ1) is 8.20. The van der Waals surface area contributed by atoms with Gasteiger partial charge in [0.15, 0.2) is 0 Å². The van der Waals surface area contributed by atoms with Crippen molar-refractivity contribution in [2.24, 2.45) is 5.11 Å².